The van der Waals surface area contributed by atoms with Gasteiger partial charge in [-0.25, -0.2) is 9.37 Å². The minimum atomic E-state index is -0.724. The highest BCUT2D eigenvalue weighted by Crippen LogP contribution is 2.23. The zero-order valence-electron chi connectivity index (χ0n) is 10.1. The van der Waals surface area contributed by atoms with E-state index in [1.54, 1.807) is 6.20 Å². The molecule has 0 saturated carbocycles. The third-order valence-corrected chi connectivity index (χ3v) is 3.25. The van der Waals surface area contributed by atoms with Gasteiger partial charge in [0.25, 0.3) is 0 Å². The number of hydrogen-bond acceptors (Lipinski definition) is 3. The average molecular weight is 247 g/mol. The van der Waals surface area contributed by atoms with Gasteiger partial charge in [-0.1, -0.05) is 6.92 Å². The molecular formula is C13H14FN3O. The van der Waals surface area contributed by atoms with E-state index in [0.717, 1.165) is 11.3 Å². The number of fused-ring (bicyclic) bond motifs is 1. The molecule has 0 unspecified atom stereocenters. The van der Waals surface area contributed by atoms with Crippen molar-refractivity contribution in [3.8, 4) is 0 Å². The highest BCUT2D eigenvalue weighted by molar-refractivity contribution is 5.94. The fraction of sp³-hybridized carbons (Fsp3) is 0.385. The van der Waals surface area contributed by atoms with E-state index in [9.17, 15) is 9.18 Å². The molecule has 3 heterocycles. The van der Waals surface area contributed by atoms with Crippen molar-refractivity contribution in [2.24, 2.45) is 0 Å². The Morgan fingerprint density at radius 1 is 1.56 bits per heavy atom. The minimum absolute atomic E-state index is 0.0352. The van der Waals surface area contributed by atoms with Gasteiger partial charge in [0.15, 0.2) is 5.78 Å². The van der Waals surface area contributed by atoms with Crippen molar-refractivity contribution in [3.05, 3.63) is 30.2 Å². The summed E-state index contributed by atoms with van der Waals surface area (Å²) in [7, 11) is 0. The lowest BCUT2D eigenvalue weighted by Crippen LogP contribution is -2.48. The molecule has 94 valence electrons. The molecule has 0 aromatic carbocycles. The molecule has 1 aliphatic rings. The predicted molar refractivity (Wildman–Crippen MR) is 66.9 cm³/mol. The second-order valence-electron chi connectivity index (χ2n) is 4.56. The van der Waals surface area contributed by atoms with Crippen molar-refractivity contribution < 1.29 is 9.18 Å². The van der Waals surface area contributed by atoms with Crippen molar-refractivity contribution in [2.75, 3.05) is 18.0 Å². The number of carbonyl (C=O) groups is 1. The van der Waals surface area contributed by atoms with Crippen molar-refractivity contribution in [3.63, 3.8) is 0 Å². The molecule has 0 amide bonds. The Labute approximate surface area is 104 Å². The van der Waals surface area contributed by atoms with Gasteiger partial charge in [-0.15, -0.1) is 0 Å². The molecule has 3 rings (SSSR count). The largest absolute Gasteiger partial charge is 0.365 e. The first-order valence-corrected chi connectivity index (χ1v) is 6.08. The van der Waals surface area contributed by atoms with Crippen molar-refractivity contribution >= 4 is 17.1 Å². The molecule has 1 aliphatic heterocycles. The zero-order valence-corrected chi connectivity index (χ0v) is 10.1. The summed E-state index contributed by atoms with van der Waals surface area (Å²) in [4.78, 5) is 17.8. The summed E-state index contributed by atoms with van der Waals surface area (Å²) in [5.41, 5.74) is 2.17. The summed E-state index contributed by atoms with van der Waals surface area (Å²) in [5.74, 6) is 0.0352. The Balaban J connectivity index is 1.94. The van der Waals surface area contributed by atoms with Crippen molar-refractivity contribution in [1.29, 1.82) is 0 Å². The van der Waals surface area contributed by atoms with Crippen molar-refractivity contribution in [1.82, 2.24) is 9.38 Å². The Morgan fingerprint density at radius 2 is 2.33 bits per heavy atom. The monoisotopic (exact) mass is 247 g/mol. The Bertz CT molecular complexity index is 601. The van der Waals surface area contributed by atoms with Crippen LogP contribution in [0.1, 0.15) is 23.8 Å². The molecule has 2 aromatic rings. The Morgan fingerprint density at radius 3 is 3.00 bits per heavy atom. The summed E-state index contributed by atoms with van der Waals surface area (Å²) in [6.07, 6.45) is 3.32. The van der Waals surface area contributed by atoms with Gasteiger partial charge in [-0.05, 0) is 6.07 Å². The normalized spacial score (nSPS) is 16.0. The molecule has 5 heteroatoms. The number of carbonyl (C=O) groups excluding carboxylic acids is 1. The van der Waals surface area contributed by atoms with Gasteiger partial charge in [0, 0.05) is 30.6 Å². The van der Waals surface area contributed by atoms with E-state index in [4.69, 9.17) is 0 Å². The van der Waals surface area contributed by atoms with Gasteiger partial charge in [0.05, 0.1) is 13.1 Å². The Hall–Kier alpha value is -1.91. The van der Waals surface area contributed by atoms with E-state index in [2.05, 4.69) is 4.98 Å². The molecule has 0 atom stereocenters. The summed E-state index contributed by atoms with van der Waals surface area (Å²) < 4.78 is 14.6. The van der Waals surface area contributed by atoms with E-state index in [1.807, 2.05) is 34.6 Å². The molecular weight excluding hydrogens is 233 g/mol. The van der Waals surface area contributed by atoms with Gasteiger partial charge in [0.1, 0.15) is 17.5 Å². The van der Waals surface area contributed by atoms with Gasteiger partial charge >= 0.3 is 0 Å². The number of halogens is 1. The lowest BCUT2D eigenvalue weighted by atomic mass is 10.1. The van der Waals surface area contributed by atoms with Crippen molar-refractivity contribution in [2.45, 2.75) is 19.5 Å². The molecule has 1 saturated heterocycles. The molecule has 0 aliphatic carbocycles. The number of imidazole rings is 1. The summed E-state index contributed by atoms with van der Waals surface area (Å²) >= 11 is 0. The van der Waals surface area contributed by atoms with Crippen LogP contribution in [-0.2, 0) is 0 Å². The van der Waals surface area contributed by atoms with Crippen LogP contribution in [-0.4, -0.2) is 34.4 Å². The fourth-order valence-corrected chi connectivity index (χ4v) is 2.12. The molecule has 18 heavy (non-hydrogen) atoms. The van der Waals surface area contributed by atoms with E-state index < -0.39 is 6.17 Å². The second kappa shape index (κ2) is 4.08. The maximum Gasteiger partial charge on any atom is 0.182 e. The summed E-state index contributed by atoms with van der Waals surface area (Å²) in [6.45, 7) is 2.70. The lowest BCUT2D eigenvalue weighted by molar-refractivity contribution is 0.0984. The summed E-state index contributed by atoms with van der Waals surface area (Å²) in [5, 5.41) is 0. The number of ketones is 1. The van der Waals surface area contributed by atoms with E-state index in [0.29, 0.717) is 25.2 Å². The third kappa shape index (κ3) is 1.75. The highest BCUT2D eigenvalue weighted by atomic mass is 19.1. The van der Waals surface area contributed by atoms with E-state index >= 15 is 0 Å². The van der Waals surface area contributed by atoms with Crippen LogP contribution in [0.25, 0.3) is 5.65 Å². The third-order valence-electron chi connectivity index (χ3n) is 3.25. The van der Waals surface area contributed by atoms with Gasteiger partial charge in [-0.2, -0.15) is 0 Å². The van der Waals surface area contributed by atoms with Crippen LogP contribution in [0, 0.1) is 0 Å². The molecule has 2 aromatic heterocycles. The number of Topliss-reactive ketones (excluding diaryl/α,β-unsaturated/α-hetero) is 1. The maximum absolute atomic E-state index is 12.8. The molecule has 4 nitrogen and oxygen atoms in total. The first-order valence-electron chi connectivity index (χ1n) is 6.08. The second-order valence-corrected chi connectivity index (χ2v) is 4.56. The van der Waals surface area contributed by atoms with Gasteiger partial charge < -0.3 is 9.30 Å². The van der Waals surface area contributed by atoms with Gasteiger partial charge in [0.2, 0.25) is 0 Å². The molecule has 1 fully saturated rings. The number of nitrogens with zero attached hydrogens (tertiary/aromatic N) is 3. The molecule has 0 radical (unpaired) electrons. The fourth-order valence-electron chi connectivity index (χ4n) is 2.12. The average Bonchev–Trinajstić information content (AvgIpc) is 2.76. The summed E-state index contributed by atoms with van der Waals surface area (Å²) in [6, 6.07) is 3.80. The first-order chi connectivity index (χ1) is 8.67. The van der Waals surface area contributed by atoms with Gasteiger partial charge in [-0.3, -0.25) is 4.79 Å². The molecule has 0 N–H and O–H groups in total. The SMILES string of the molecule is CCC(=O)c1cn2ccc(N3CC(F)C3)cc2n1. The highest BCUT2D eigenvalue weighted by Gasteiger charge is 2.26. The van der Waals surface area contributed by atoms with Crippen LogP contribution >= 0.6 is 0 Å². The minimum Gasteiger partial charge on any atom is -0.365 e. The lowest BCUT2D eigenvalue weighted by Gasteiger charge is -2.36. The maximum atomic E-state index is 12.8. The Kier molecular flexibility index (Phi) is 2.54. The number of alkyl halides is 1. The van der Waals surface area contributed by atoms with Crippen LogP contribution in [0.15, 0.2) is 24.5 Å². The van der Waals surface area contributed by atoms with E-state index in [-0.39, 0.29) is 5.78 Å². The topological polar surface area (TPSA) is 37.6 Å². The predicted octanol–water partition coefficient (Wildman–Crippen LogP) is 2.09. The standard InChI is InChI=1S/C13H14FN3O/c1-2-12(18)11-8-16-4-3-10(5-13(16)15-11)17-6-9(14)7-17/h3-5,8-9H,2,6-7H2,1H3. The van der Waals surface area contributed by atoms with Crippen LogP contribution in [0.3, 0.4) is 0 Å². The number of aromatic nitrogens is 2. The molecule has 0 spiro atoms. The molecule has 0 bridgehead atoms. The van der Waals surface area contributed by atoms with Crippen LogP contribution in [0.2, 0.25) is 0 Å². The zero-order chi connectivity index (χ0) is 12.7. The first kappa shape index (κ1) is 11.2. The van der Waals surface area contributed by atoms with Crippen LogP contribution in [0.5, 0.6) is 0 Å². The smallest absolute Gasteiger partial charge is 0.182 e. The quantitative estimate of drug-likeness (QED) is 0.779. The number of hydrogen-bond donors (Lipinski definition) is 0. The van der Waals surface area contributed by atoms with Crippen LogP contribution in [0.4, 0.5) is 10.1 Å². The van der Waals surface area contributed by atoms with E-state index in [1.165, 1.54) is 0 Å². The number of rotatable bonds is 3. The number of pyridine rings is 1. The van der Waals surface area contributed by atoms with Crippen LogP contribution < -0.4 is 4.90 Å². The number of anilines is 1.